The van der Waals surface area contributed by atoms with Crippen LogP contribution in [0.5, 0.6) is 0 Å². The summed E-state index contributed by atoms with van der Waals surface area (Å²) in [6, 6.07) is 3.36. The Bertz CT molecular complexity index is 717. The summed E-state index contributed by atoms with van der Waals surface area (Å²) >= 11 is 6.05. The van der Waals surface area contributed by atoms with Crippen LogP contribution in [0, 0.1) is 5.92 Å². The van der Waals surface area contributed by atoms with Crippen LogP contribution in [-0.2, 0) is 5.54 Å². The summed E-state index contributed by atoms with van der Waals surface area (Å²) in [5, 5.41) is 3.82. The Kier molecular flexibility index (Phi) is 2.41. The number of oxazole rings is 1. The van der Waals surface area contributed by atoms with E-state index in [2.05, 4.69) is 10.3 Å². The summed E-state index contributed by atoms with van der Waals surface area (Å²) in [6.45, 7) is 1.00. The lowest BCUT2D eigenvalue weighted by atomic mass is 9.99. The highest BCUT2D eigenvalue weighted by molar-refractivity contribution is 6.35. The van der Waals surface area contributed by atoms with E-state index in [0.29, 0.717) is 27.9 Å². The van der Waals surface area contributed by atoms with Crippen LogP contribution in [0.15, 0.2) is 16.5 Å². The average molecular weight is 292 g/mol. The van der Waals surface area contributed by atoms with Gasteiger partial charge in [-0.1, -0.05) is 11.6 Å². The number of halogens is 1. The Morgan fingerprint density at radius 2 is 2.40 bits per heavy atom. The molecule has 0 radical (unpaired) electrons. The lowest BCUT2D eigenvalue weighted by molar-refractivity contribution is 0.100. The van der Waals surface area contributed by atoms with Gasteiger partial charge in [0.2, 0.25) is 5.89 Å². The monoisotopic (exact) mass is 291 g/mol. The quantitative estimate of drug-likeness (QED) is 0.888. The van der Waals surface area contributed by atoms with Crippen LogP contribution in [0.3, 0.4) is 0 Å². The van der Waals surface area contributed by atoms with Gasteiger partial charge in [0, 0.05) is 0 Å². The van der Waals surface area contributed by atoms with Crippen molar-refractivity contribution in [3.05, 3.63) is 28.6 Å². The van der Waals surface area contributed by atoms with Gasteiger partial charge in [0.1, 0.15) is 5.52 Å². The predicted molar refractivity (Wildman–Crippen MR) is 74.6 cm³/mol. The number of rotatable bonds is 2. The van der Waals surface area contributed by atoms with Crippen molar-refractivity contribution in [1.29, 1.82) is 0 Å². The molecule has 1 aromatic heterocycles. The highest BCUT2D eigenvalue weighted by Gasteiger charge is 2.49. The highest BCUT2D eigenvalue weighted by Crippen LogP contribution is 2.47. The number of carbonyl (C=O) groups is 1. The molecule has 0 spiro atoms. The van der Waals surface area contributed by atoms with Gasteiger partial charge in [-0.3, -0.25) is 4.79 Å². The SMILES string of the molecule is NC(=O)c1c(Cl)ccc2oc(C34CCC(CN3)C4)nc12. The van der Waals surface area contributed by atoms with Crippen LogP contribution in [0.4, 0.5) is 0 Å². The fourth-order valence-electron chi connectivity index (χ4n) is 3.50. The van der Waals surface area contributed by atoms with Gasteiger partial charge in [0.15, 0.2) is 5.58 Å². The van der Waals surface area contributed by atoms with Gasteiger partial charge < -0.3 is 15.5 Å². The summed E-state index contributed by atoms with van der Waals surface area (Å²) < 4.78 is 5.88. The molecule has 1 saturated heterocycles. The summed E-state index contributed by atoms with van der Waals surface area (Å²) in [6.07, 6.45) is 3.25. The number of fused-ring (bicyclic) bond motifs is 3. The highest BCUT2D eigenvalue weighted by atomic mass is 35.5. The summed E-state index contributed by atoms with van der Waals surface area (Å²) in [7, 11) is 0. The minimum absolute atomic E-state index is 0.176. The second kappa shape index (κ2) is 3.96. The Balaban J connectivity index is 1.91. The van der Waals surface area contributed by atoms with Crippen molar-refractivity contribution in [2.24, 2.45) is 11.7 Å². The van der Waals surface area contributed by atoms with Crippen LogP contribution >= 0.6 is 11.6 Å². The molecule has 20 heavy (non-hydrogen) atoms. The van der Waals surface area contributed by atoms with E-state index in [-0.39, 0.29) is 11.1 Å². The standard InChI is InChI=1S/C14H14ClN3O2/c15-8-1-2-9-11(10(8)12(16)19)18-13(20-9)14-4-3-7(5-14)6-17-14/h1-2,7,17H,3-6H2,(H2,16,19). The second-order valence-corrected chi connectivity index (χ2v) is 6.13. The molecule has 2 unspecified atom stereocenters. The summed E-state index contributed by atoms with van der Waals surface area (Å²) in [5.74, 6) is 0.767. The Morgan fingerprint density at radius 3 is 3.00 bits per heavy atom. The molecule has 2 bridgehead atoms. The third kappa shape index (κ3) is 1.53. The van der Waals surface area contributed by atoms with Gasteiger partial charge in [-0.25, -0.2) is 4.98 Å². The van der Waals surface area contributed by atoms with Crippen molar-refractivity contribution in [3.63, 3.8) is 0 Å². The van der Waals surface area contributed by atoms with E-state index in [4.69, 9.17) is 21.8 Å². The van der Waals surface area contributed by atoms with Gasteiger partial charge >= 0.3 is 0 Å². The van der Waals surface area contributed by atoms with E-state index in [1.165, 1.54) is 6.42 Å². The third-order valence-corrected chi connectivity index (χ3v) is 4.83. The molecule has 5 nitrogen and oxygen atoms in total. The summed E-state index contributed by atoms with van der Waals surface area (Å²) in [5.41, 5.74) is 6.48. The van der Waals surface area contributed by atoms with Crippen LogP contribution < -0.4 is 11.1 Å². The van der Waals surface area contributed by atoms with E-state index in [0.717, 1.165) is 19.4 Å². The zero-order valence-corrected chi connectivity index (χ0v) is 11.5. The van der Waals surface area contributed by atoms with Crippen LogP contribution in [0.2, 0.25) is 5.02 Å². The van der Waals surface area contributed by atoms with Crippen molar-refractivity contribution < 1.29 is 9.21 Å². The number of piperidine rings is 1. The number of hydrogen-bond acceptors (Lipinski definition) is 4. The fraction of sp³-hybridized carbons (Fsp3) is 0.429. The zero-order valence-electron chi connectivity index (χ0n) is 10.8. The minimum Gasteiger partial charge on any atom is -0.439 e. The molecule has 104 valence electrons. The summed E-state index contributed by atoms with van der Waals surface area (Å²) in [4.78, 5) is 16.1. The maximum atomic E-state index is 11.6. The number of benzene rings is 1. The second-order valence-electron chi connectivity index (χ2n) is 5.72. The van der Waals surface area contributed by atoms with E-state index >= 15 is 0 Å². The Labute approximate surface area is 120 Å². The first kappa shape index (κ1) is 12.2. The van der Waals surface area contributed by atoms with Gasteiger partial charge in [0.05, 0.1) is 16.1 Å². The largest absolute Gasteiger partial charge is 0.439 e. The molecule has 1 aliphatic heterocycles. The topological polar surface area (TPSA) is 81.2 Å². The van der Waals surface area contributed by atoms with Crippen molar-refractivity contribution in [1.82, 2.24) is 10.3 Å². The van der Waals surface area contributed by atoms with Gasteiger partial charge in [-0.2, -0.15) is 0 Å². The first-order valence-electron chi connectivity index (χ1n) is 6.73. The maximum Gasteiger partial charge on any atom is 0.252 e. The maximum absolute atomic E-state index is 11.6. The van der Waals surface area contributed by atoms with Gasteiger partial charge in [-0.15, -0.1) is 0 Å². The Hall–Kier alpha value is -1.59. The van der Waals surface area contributed by atoms with Crippen LogP contribution in [-0.4, -0.2) is 17.4 Å². The van der Waals surface area contributed by atoms with Gasteiger partial charge in [0.25, 0.3) is 5.91 Å². The average Bonchev–Trinajstić information content (AvgIpc) is 3.11. The first-order chi connectivity index (χ1) is 9.59. The molecule has 3 N–H and O–H groups in total. The normalized spacial score (nSPS) is 28.4. The van der Waals surface area contributed by atoms with E-state index in [9.17, 15) is 4.79 Å². The van der Waals surface area contributed by atoms with Crippen molar-refractivity contribution in [2.45, 2.75) is 24.8 Å². The van der Waals surface area contributed by atoms with E-state index in [1.54, 1.807) is 12.1 Å². The molecule has 2 aliphatic rings. The number of nitrogens with zero attached hydrogens (tertiary/aromatic N) is 1. The number of carbonyl (C=O) groups excluding carboxylic acids is 1. The molecule has 1 aromatic carbocycles. The molecular weight excluding hydrogens is 278 g/mol. The smallest absolute Gasteiger partial charge is 0.252 e. The molecule has 6 heteroatoms. The molecule has 2 heterocycles. The third-order valence-electron chi connectivity index (χ3n) is 4.51. The molecule has 4 rings (SSSR count). The van der Waals surface area contributed by atoms with E-state index in [1.807, 2.05) is 0 Å². The number of nitrogens with two attached hydrogens (primary N) is 1. The molecule has 2 fully saturated rings. The van der Waals surface area contributed by atoms with Crippen molar-refractivity contribution in [2.75, 3.05) is 6.54 Å². The van der Waals surface area contributed by atoms with Crippen LogP contribution in [0.25, 0.3) is 11.1 Å². The van der Waals surface area contributed by atoms with Crippen molar-refractivity contribution in [3.8, 4) is 0 Å². The number of nitrogens with one attached hydrogen (secondary N) is 1. The van der Waals surface area contributed by atoms with Gasteiger partial charge in [-0.05, 0) is 43.9 Å². The first-order valence-corrected chi connectivity index (χ1v) is 7.11. The number of amides is 1. The number of hydrogen-bond donors (Lipinski definition) is 2. The van der Waals surface area contributed by atoms with Crippen molar-refractivity contribution >= 4 is 28.6 Å². The zero-order chi connectivity index (χ0) is 13.9. The Morgan fingerprint density at radius 1 is 1.55 bits per heavy atom. The lowest BCUT2D eigenvalue weighted by Gasteiger charge is -2.23. The molecule has 1 amide bonds. The fourth-order valence-corrected chi connectivity index (χ4v) is 3.75. The molecule has 2 atom stereocenters. The molecule has 1 aliphatic carbocycles. The molecular formula is C14H14ClN3O2. The van der Waals surface area contributed by atoms with Crippen LogP contribution in [0.1, 0.15) is 35.5 Å². The molecule has 2 aromatic rings. The minimum atomic E-state index is -0.582. The number of primary amides is 1. The lowest BCUT2D eigenvalue weighted by Crippen LogP contribution is -2.37. The molecule has 1 saturated carbocycles. The van der Waals surface area contributed by atoms with E-state index < -0.39 is 5.91 Å². The predicted octanol–water partition coefficient (Wildman–Crippen LogP) is 2.18. The number of aromatic nitrogens is 1.